The van der Waals surface area contributed by atoms with E-state index in [1.807, 2.05) is 0 Å². The maximum atomic E-state index is 11.9. The van der Waals surface area contributed by atoms with Crippen molar-refractivity contribution in [1.82, 2.24) is 15.5 Å². The predicted molar refractivity (Wildman–Crippen MR) is 77.5 cm³/mol. The highest BCUT2D eigenvalue weighted by Crippen LogP contribution is 2.28. The number of nitrogen functional groups attached to an aromatic ring is 1. The van der Waals surface area contributed by atoms with Gasteiger partial charge in [0, 0.05) is 19.8 Å². The minimum Gasteiger partial charge on any atom is -0.395 e. The molecule has 0 unspecified atom stereocenters. The quantitative estimate of drug-likeness (QED) is 0.597. The molecule has 0 atom stereocenters. The van der Waals surface area contributed by atoms with E-state index in [2.05, 4.69) is 22.4 Å². The molecule has 1 aliphatic rings. The SMILES string of the molecule is CCCc1[nH]nc(C(=O)NCCCOCC2CC2)c1N. The molecule has 1 aliphatic carbocycles. The zero-order valence-corrected chi connectivity index (χ0v) is 12.1. The van der Waals surface area contributed by atoms with Crippen molar-refractivity contribution in [3.8, 4) is 0 Å². The largest absolute Gasteiger partial charge is 0.395 e. The van der Waals surface area contributed by atoms with E-state index in [0.29, 0.717) is 24.5 Å². The summed E-state index contributed by atoms with van der Waals surface area (Å²) in [5.74, 6) is 0.564. The Morgan fingerprint density at radius 2 is 2.35 bits per heavy atom. The standard InChI is InChI=1S/C14H24N4O2/c1-2-4-11-12(15)13(18-17-11)14(19)16-7-3-8-20-9-10-5-6-10/h10H,2-9,15H2,1H3,(H,16,19)(H,17,18). The van der Waals surface area contributed by atoms with Crippen LogP contribution in [0.3, 0.4) is 0 Å². The summed E-state index contributed by atoms with van der Waals surface area (Å²) < 4.78 is 5.51. The minimum atomic E-state index is -0.219. The number of hydrogen-bond acceptors (Lipinski definition) is 4. The van der Waals surface area contributed by atoms with Crippen LogP contribution in [0.1, 0.15) is 48.8 Å². The second-order valence-electron chi connectivity index (χ2n) is 5.34. The zero-order chi connectivity index (χ0) is 14.4. The van der Waals surface area contributed by atoms with Crippen LogP contribution in [0.15, 0.2) is 0 Å². The molecule has 2 rings (SSSR count). The van der Waals surface area contributed by atoms with E-state index in [-0.39, 0.29) is 5.91 Å². The number of aromatic amines is 1. The van der Waals surface area contributed by atoms with Gasteiger partial charge in [-0.3, -0.25) is 9.89 Å². The van der Waals surface area contributed by atoms with Gasteiger partial charge in [0.15, 0.2) is 5.69 Å². The number of anilines is 1. The van der Waals surface area contributed by atoms with Crippen molar-refractivity contribution in [2.75, 3.05) is 25.5 Å². The molecule has 0 radical (unpaired) electrons. The molecule has 0 saturated heterocycles. The molecule has 1 heterocycles. The molecule has 20 heavy (non-hydrogen) atoms. The fourth-order valence-corrected chi connectivity index (χ4v) is 1.99. The number of hydrogen-bond donors (Lipinski definition) is 3. The molecule has 112 valence electrons. The number of aryl methyl sites for hydroxylation is 1. The summed E-state index contributed by atoms with van der Waals surface area (Å²) in [7, 11) is 0. The molecule has 0 spiro atoms. The molecule has 1 aromatic rings. The van der Waals surface area contributed by atoms with Gasteiger partial charge in [0.05, 0.1) is 11.4 Å². The van der Waals surface area contributed by atoms with Crippen molar-refractivity contribution in [1.29, 1.82) is 0 Å². The van der Waals surface area contributed by atoms with E-state index < -0.39 is 0 Å². The number of nitrogens with two attached hydrogens (primary N) is 1. The van der Waals surface area contributed by atoms with E-state index >= 15 is 0 Å². The summed E-state index contributed by atoms with van der Waals surface area (Å²) in [4.78, 5) is 11.9. The number of nitrogens with zero attached hydrogens (tertiary/aromatic N) is 1. The number of aromatic nitrogens is 2. The zero-order valence-electron chi connectivity index (χ0n) is 12.1. The average Bonchev–Trinajstić information content (AvgIpc) is 3.19. The molecular formula is C14H24N4O2. The highest BCUT2D eigenvalue weighted by atomic mass is 16.5. The highest BCUT2D eigenvalue weighted by molar-refractivity contribution is 5.97. The second kappa shape index (κ2) is 7.28. The first-order chi connectivity index (χ1) is 9.72. The van der Waals surface area contributed by atoms with Crippen molar-refractivity contribution in [2.24, 2.45) is 5.92 Å². The number of nitrogens with one attached hydrogen (secondary N) is 2. The summed E-state index contributed by atoms with van der Waals surface area (Å²) in [5.41, 5.74) is 7.51. The van der Waals surface area contributed by atoms with Crippen LogP contribution >= 0.6 is 0 Å². The Morgan fingerprint density at radius 3 is 3.05 bits per heavy atom. The van der Waals surface area contributed by atoms with E-state index in [0.717, 1.165) is 37.5 Å². The number of carbonyl (C=O) groups is 1. The summed E-state index contributed by atoms with van der Waals surface area (Å²) in [6.07, 6.45) is 5.18. The van der Waals surface area contributed by atoms with Gasteiger partial charge >= 0.3 is 0 Å². The molecular weight excluding hydrogens is 256 g/mol. The third-order valence-corrected chi connectivity index (χ3v) is 3.40. The van der Waals surface area contributed by atoms with Gasteiger partial charge in [-0.15, -0.1) is 0 Å². The molecule has 1 aromatic heterocycles. The lowest BCUT2D eigenvalue weighted by Crippen LogP contribution is -2.26. The Hall–Kier alpha value is -1.56. The lowest BCUT2D eigenvalue weighted by atomic mass is 10.2. The normalized spacial score (nSPS) is 14.4. The van der Waals surface area contributed by atoms with E-state index in [1.165, 1.54) is 12.8 Å². The third-order valence-electron chi connectivity index (χ3n) is 3.40. The summed E-state index contributed by atoms with van der Waals surface area (Å²) >= 11 is 0. The Bertz CT molecular complexity index is 440. The number of carbonyl (C=O) groups excluding carboxylic acids is 1. The van der Waals surface area contributed by atoms with E-state index in [1.54, 1.807) is 0 Å². The lowest BCUT2D eigenvalue weighted by Gasteiger charge is -2.05. The minimum absolute atomic E-state index is 0.219. The Balaban J connectivity index is 1.65. The van der Waals surface area contributed by atoms with Gasteiger partial charge in [0.2, 0.25) is 0 Å². The van der Waals surface area contributed by atoms with Crippen LogP contribution in [0, 0.1) is 5.92 Å². The average molecular weight is 280 g/mol. The van der Waals surface area contributed by atoms with Crippen LogP contribution in [0.2, 0.25) is 0 Å². The molecule has 1 fully saturated rings. The first kappa shape index (κ1) is 14.8. The van der Waals surface area contributed by atoms with Crippen molar-refractivity contribution >= 4 is 11.6 Å². The van der Waals surface area contributed by atoms with Gasteiger partial charge < -0.3 is 15.8 Å². The van der Waals surface area contributed by atoms with Gasteiger partial charge in [0.1, 0.15) is 0 Å². The number of rotatable bonds is 9. The van der Waals surface area contributed by atoms with Crippen LogP contribution < -0.4 is 11.1 Å². The number of H-pyrrole nitrogens is 1. The first-order valence-corrected chi connectivity index (χ1v) is 7.41. The molecule has 0 bridgehead atoms. The van der Waals surface area contributed by atoms with Gasteiger partial charge in [-0.25, -0.2) is 0 Å². The fourth-order valence-electron chi connectivity index (χ4n) is 1.99. The van der Waals surface area contributed by atoms with Crippen LogP contribution in [0.4, 0.5) is 5.69 Å². The van der Waals surface area contributed by atoms with Crippen molar-refractivity contribution in [2.45, 2.75) is 39.0 Å². The molecule has 1 saturated carbocycles. The third kappa shape index (κ3) is 4.23. The maximum absolute atomic E-state index is 11.9. The molecule has 6 heteroatoms. The van der Waals surface area contributed by atoms with E-state index in [9.17, 15) is 4.79 Å². The van der Waals surface area contributed by atoms with Gasteiger partial charge in [-0.1, -0.05) is 13.3 Å². The summed E-state index contributed by atoms with van der Waals surface area (Å²) in [5, 5.41) is 9.63. The Kier molecular flexibility index (Phi) is 5.40. The Labute approximate surface area is 119 Å². The predicted octanol–water partition coefficient (Wildman–Crippen LogP) is 1.49. The van der Waals surface area contributed by atoms with Crippen LogP contribution in [0.25, 0.3) is 0 Å². The molecule has 0 aliphatic heterocycles. The fraction of sp³-hybridized carbons (Fsp3) is 0.714. The van der Waals surface area contributed by atoms with Gasteiger partial charge in [0.25, 0.3) is 5.91 Å². The number of ether oxygens (including phenoxy) is 1. The van der Waals surface area contributed by atoms with Crippen molar-refractivity contribution < 1.29 is 9.53 Å². The summed E-state index contributed by atoms with van der Waals surface area (Å²) in [6.45, 7) is 4.19. The van der Waals surface area contributed by atoms with Crippen molar-refractivity contribution in [3.63, 3.8) is 0 Å². The Morgan fingerprint density at radius 1 is 1.55 bits per heavy atom. The second-order valence-corrected chi connectivity index (χ2v) is 5.34. The lowest BCUT2D eigenvalue weighted by molar-refractivity contribution is 0.0933. The first-order valence-electron chi connectivity index (χ1n) is 7.41. The molecule has 6 nitrogen and oxygen atoms in total. The van der Waals surface area contributed by atoms with Gasteiger partial charge in [-0.05, 0) is 31.6 Å². The van der Waals surface area contributed by atoms with Gasteiger partial charge in [-0.2, -0.15) is 5.10 Å². The molecule has 0 aromatic carbocycles. The number of amides is 1. The monoisotopic (exact) mass is 280 g/mol. The maximum Gasteiger partial charge on any atom is 0.273 e. The van der Waals surface area contributed by atoms with E-state index in [4.69, 9.17) is 10.5 Å². The topological polar surface area (TPSA) is 93.0 Å². The van der Waals surface area contributed by atoms with Crippen LogP contribution in [-0.4, -0.2) is 35.9 Å². The smallest absolute Gasteiger partial charge is 0.273 e. The van der Waals surface area contributed by atoms with Crippen LogP contribution in [-0.2, 0) is 11.2 Å². The van der Waals surface area contributed by atoms with Crippen molar-refractivity contribution in [3.05, 3.63) is 11.4 Å². The highest BCUT2D eigenvalue weighted by Gasteiger charge is 2.21. The molecule has 4 N–H and O–H groups in total. The molecule has 1 amide bonds. The summed E-state index contributed by atoms with van der Waals surface area (Å²) in [6, 6.07) is 0. The van der Waals surface area contributed by atoms with Crippen LogP contribution in [0.5, 0.6) is 0 Å².